The number of aryl methyl sites for hydroxylation is 1. The van der Waals surface area contributed by atoms with E-state index in [1.165, 1.54) is 29.6 Å². The van der Waals surface area contributed by atoms with E-state index in [-0.39, 0.29) is 11.8 Å². The highest BCUT2D eigenvalue weighted by molar-refractivity contribution is 7.16. The lowest BCUT2D eigenvalue weighted by atomic mass is 10.1. The quantitative estimate of drug-likeness (QED) is 0.585. The zero-order valence-corrected chi connectivity index (χ0v) is 18.0. The van der Waals surface area contributed by atoms with E-state index in [1.807, 2.05) is 0 Å². The minimum Gasteiger partial charge on any atom is -0.374 e. The van der Waals surface area contributed by atoms with Gasteiger partial charge in [-0.2, -0.15) is 5.26 Å². The molecule has 152 valence electrons. The summed E-state index contributed by atoms with van der Waals surface area (Å²) in [7, 11) is 0. The first-order valence-electron chi connectivity index (χ1n) is 9.58. The first-order valence-corrected chi connectivity index (χ1v) is 10.8. The van der Waals surface area contributed by atoms with Crippen molar-refractivity contribution in [3.8, 4) is 6.07 Å². The SMILES string of the molecule is CC(=O)Nc1ccc(N[C@@H](C)C(=O)Nc2sc3c(c2C#N)CCCCC3)cc1Cl. The van der Waals surface area contributed by atoms with Gasteiger partial charge in [-0.3, -0.25) is 9.59 Å². The molecule has 0 aliphatic heterocycles. The summed E-state index contributed by atoms with van der Waals surface area (Å²) in [5.41, 5.74) is 2.89. The number of anilines is 3. The minimum absolute atomic E-state index is 0.206. The average Bonchev–Trinajstić information content (AvgIpc) is 2.83. The largest absolute Gasteiger partial charge is 0.374 e. The smallest absolute Gasteiger partial charge is 0.247 e. The number of rotatable bonds is 5. The number of nitrogens with one attached hydrogen (secondary N) is 3. The highest BCUT2D eigenvalue weighted by Gasteiger charge is 2.22. The molecule has 8 heteroatoms. The molecule has 3 N–H and O–H groups in total. The van der Waals surface area contributed by atoms with Crippen LogP contribution < -0.4 is 16.0 Å². The zero-order chi connectivity index (χ0) is 21.0. The first-order chi connectivity index (χ1) is 13.9. The van der Waals surface area contributed by atoms with E-state index >= 15 is 0 Å². The summed E-state index contributed by atoms with van der Waals surface area (Å²) in [6.45, 7) is 3.16. The van der Waals surface area contributed by atoms with Crippen molar-refractivity contribution < 1.29 is 9.59 Å². The molecule has 0 unspecified atom stereocenters. The lowest BCUT2D eigenvalue weighted by Crippen LogP contribution is -2.31. The summed E-state index contributed by atoms with van der Waals surface area (Å²) >= 11 is 7.71. The molecule has 1 aliphatic rings. The molecule has 0 saturated carbocycles. The van der Waals surface area contributed by atoms with Crippen LogP contribution in [0.1, 0.15) is 49.1 Å². The lowest BCUT2D eigenvalue weighted by molar-refractivity contribution is -0.116. The number of benzene rings is 1. The van der Waals surface area contributed by atoms with Gasteiger partial charge in [-0.15, -0.1) is 11.3 Å². The molecule has 0 spiro atoms. The van der Waals surface area contributed by atoms with E-state index in [9.17, 15) is 14.9 Å². The number of carbonyl (C=O) groups excluding carboxylic acids is 2. The fourth-order valence-corrected chi connectivity index (χ4v) is 4.85. The van der Waals surface area contributed by atoms with Gasteiger partial charge in [0.15, 0.2) is 0 Å². The van der Waals surface area contributed by atoms with E-state index in [0.717, 1.165) is 31.2 Å². The van der Waals surface area contributed by atoms with Crippen molar-refractivity contribution in [2.45, 2.75) is 52.0 Å². The van der Waals surface area contributed by atoms with Crippen LogP contribution in [-0.2, 0) is 22.4 Å². The Kier molecular flexibility index (Phi) is 6.78. The molecule has 0 fully saturated rings. The zero-order valence-electron chi connectivity index (χ0n) is 16.4. The van der Waals surface area contributed by atoms with E-state index in [2.05, 4.69) is 22.0 Å². The van der Waals surface area contributed by atoms with Crippen molar-refractivity contribution in [2.75, 3.05) is 16.0 Å². The molecule has 1 atom stereocenters. The Hall–Kier alpha value is -2.56. The maximum Gasteiger partial charge on any atom is 0.247 e. The van der Waals surface area contributed by atoms with Crippen molar-refractivity contribution >= 4 is 51.1 Å². The van der Waals surface area contributed by atoms with Gasteiger partial charge in [-0.1, -0.05) is 18.0 Å². The van der Waals surface area contributed by atoms with Crippen LogP contribution in [0.5, 0.6) is 0 Å². The molecule has 1 aromatic heterocycles. The van der Waals surface area contributed by atoms with E-state index in [4.69, 9.17) is 11.6 Å². The maximum atomic E-state index is 12.7. The molecule has 6 nitrogen and oxygen atoms in total. The number of halogens is 1. The Bertz CT molecular complexity index is 980. The second-order valence-corrected chi connectivity index (χ2v) is 8.62. The molecular weight excluding hydrogens is 408 g/mol. The number of hydrogen-bond acceptors (Lipinski definition) is 5. The summed E-state index contributed by atoms with van der Waals surface area (Å²) in [6, 6.07) is 6.83. The minimum atomic E-state index is -0.536. The standard InChI is InChI=1S/C21H23ClN4O2S/c1-12(24-14-8-9-18(17(22)10-14)25-13(2)27)20(28)26-21-16(11-23)15-6-4-3-5-7-19(15)29-21/h8-10,12,24H,3-7H2,1-2H3,(H,25,27)(H,26,28)/t12-/m0/s1. The van der Waals surface area contributed by atoms with Crippen molar-refractivity contribution in [3.05, 3.63) is 39.2 Å². The van der Waals surface area contributed by atoms with Gasteiger partial charge in [-0.25, -0.2) is 0 Å². The summed E-state index contributed by atoms with van der Waals surface area (Å²) in [4.78, 5) is 25.1. The van der Waals surface area contributed by atoms with Crippen LogP contribution in [0, 0.1) is 11.3 Å². The number of carbonyl (C=O) groups is 2. The van der Waals surface area contributed by atoms with Gasteiger partial charge in [0.05, 0.1) is 16.3 Å². The number of nitriles is 1. The molecule has 0 saturated heterocycles. The monoisotopic (exact) mass is 430 g/mol. The Labute approximate surface area is 179 Å². The predicted octanol–water partition coefficient (Wildman–Crippen LogP) is 4.94. The molecule has 29 heavy (non-hydrogen) atoms. The highest BCUT2D eigenvalue weighted by atomic mass is 35.5. The number of amides is 2. The first kappa shape index (κ1) is 21.2. The Morgan fingerprint density at radius 1 is 1.21 bits per heavy atom. The third kappa shape index (κ3) is 5.08. The third-order valence-corrected chi connectivity index (χ3v) is 6.35. The van der Waals surface area contributed by atoms with E-state index in [1.54, 1.807) is 25.1 Å². The Morgan fingerprint density at radius 3 is 2.66 bits per heavy atom. The average molecular weight is 431 g/mol. The van der Waals surface area contributed by atoms with Crippen molar-refractivity contribution in [1.82, 2.24) is 0 Å². The summed E-state index contributed by atoms with van der Waals surface area (Å²) < 4.78 is 0. The highest BCUT2D eigenvalue weighted by Crippen LogP contribution is 2.37. The second kappa shape index (κ2) is 9.29. The number of hydrogen-bond donors (Lipinski definition) is 3. The molecular formula is C21H23ClN4O2S. The van der Waals surface area contributed by atoms with Crippen LogP contribution in [0.2, 0.25) is 5.02 Å². The maximum absolute atomic E-state index is 12.7. The molecule has 2 aromatic rings. The van der Waals surface area contributed by atoms with E-state index in [0.29, 0.717) is 27.0 Å². The van der Waals surface area contributed by atoms with Crippen LogP contribution in [0.3, 0.4) is 0 Å². The Balaban J connectivity index is 1.69. The van der Waals surface area contributed by atoms with Gasteiger partial charge in [0.25, 0.3) is 0 Å². The fraction of sp³-hybridized carbons (Fsp3) is 0.381. The molecule has 0 radical (unpaired) electrons. The molecule has 0 bridgehead atoms. The van der Waals surface area contributed by atoms with Crippen LogP contribution in [0.4, 0.5) is 16.4 Å². The summed E-state index contributed by atoms with van der Waals surface area (Å²) in [5.74, 6) is -0.428. The third-order valence-electron chi connectivity index (χ3n) is 4.83. The van der Waals surface area contributed by atoms with Crippen LogP contribution >= 0.6 is 22.9 Å². The fourth-order valence-electron chi connectivity index (χ4n) is 3.38. The van der Waals surface area contributed by atoms with Crippen LogP contribution in [-0.4, -0.2) is 17.9 Å². The number of fused-ring (bicyclic) bond motifs is 1. The van der Waals surface area contributed by atoms with Crippen molar-refractivity contribution in [1.29, 1.82) is 5.26 Å². The van der Waals surface area contributed by atoms with Crippen LogP contribution in [0.25, 0.3) is 0 Å². The van der Waals surface area contributed by atoms with Crippen molar-refractivity contribution in [3.63, 3.8) is 0 Å². The summed E-state index contributed by atoms with van der Waals surface area (Å²) in [6.07, 6.45) is 5.26. The molecule has 1 heterocycles. The molecule has 3 rings (SSSR count). The number of thiophene rings is 1. The lowest BCUT2D eigenvalue weighted by Gasteiger charge is -2.16. The molecule has 2 amide bonds. The van der Waals surface area contributed by atoms with Crippen molar-refractivity contribution in [2.24, 2.45) is 0 Å². The number of nitrogens with zero attached hydrogens (tertiary/aromatic N) is 1. The van der Waals surface area contributed by atoms with E-state index < -0.39 is 6.04 Å². The topological polar surface area (TPSA) is 94.0 Å². The van der Waals surface area contributed by atoms with Gasteiger partial charge in [0.2, 0.25) is 11.8 Å². The normalized spacial score (nSPS) is 14.1. The molecule has 1 aromatic carbocycles. The van der Waals surface area contributed by atoms with Crippen LogP contribution in [0.15, 0.2) is 18.2 Å². The Morgan fingerprint density at radius 2 is 1.97 bits per heavy atom. The predicted molar refractivity (Wildman–Crippen MR) is 118 cm³/mol. The second-order valence-electron chi connectivity index (χ2n) is 7.11. The summed E-state index contributed by atoms with van der Waals surface area (Å²) in [5, 5.41) is 19.3. The van der Waals surface area contributed by atoms with Gasteiger partial charge >= 0.3 is 0 Å². The van der Waals surface area contributed by atoms with Gasteiger partial charge in [-0.05, 0) is 56.4 Å². The molecule has 1 aliphatic carbocycles. The van der Waals surface area contributed by atoms with Gasteiger partial charge in [0.1, 0.15) is 17.1 Å². The van der Waals surface area contributed by atoms with Gasteiger partial charge < -0.3 is 16.0 Å². The van der Waals surface area contributed by atoms with Gasteiger partial charge in [0, 0.05) is 17.5 Å².